The fourth-order valence-corrected chi connectivity index (χ4v) is 4.95. The van der Waals surface area contributed by atoms with Crippen LogP contribution in [0.5, 0.6) is 0 Å². The molecule has 7 nitrogen and oxygen atoms in total. The van der Waals surface area contributed by atoms with Gasteiger partial charge < -0.3 is 19.8 Å². The molecule has 0 bridgehead atoms. The lowest BCUT2D eigenvalue weighted by molar-refractivity contribution is -0.117. The number of nitrogens with zero attached hydrogens (tertiary/aromatic N) is 4. The maximum atomic E-state index is 14.9. The predicted molar refractivity (Wildman–Crippen MR) is 123 cm³/mol. The van der Waals surface area contributed by atoms with E-state index < -0.39 is 5.82 Å². The molecular weight excluding hydrogens is 423 g/mol. The quantitative estimate of drug-likeness (QED) is 0.755. The molecule has 8 heteroatoms. The number of carbonyl (C=O) groups is 2. The summed E-state index contributed by atoms with van der Waals surface area (Å²) >= 11 is 0. The number of aromatic nitrogens is 1. The Morgan fingerprint density at radius 3 is 2.55 bits per heavy atom. The third kappa shape index (κ3) is 4.19. The van der Waals surface area contributed by atoms with Crippen molar-refractivity contribution in [1.29, 1.82) is 0 Å². The molecule has 1 aliphatic carbocycles. The number of aliphatic hydroxyl groups excluding tert-OH is 1. The minimum atomic E-state index is -0.649. The van der Waals surface area contributed by atoms with Gasteiger partial charge in [-0.2, -0.15) is 0 Å². The molecular formula is C25H29FN4O3. The number of halogens is 1. The van der Waals surface area contributed by atoms with E-state index in [1.165, 1.54) is 35.4 Å². The number of piperazine rings is 1. The summed E-state index contributed by atoms with van der Waals surface area (Å²) in [7, 11) is 0. The second kappa shape index (κ2) is 8.74. The van der Waals surface area contributed by atoms with Crippen molar-refractivity contribution >= 4 is 23.3 Å². The fraction of sp³-hybridized carbons (Fsp3) is 0.480. The lowest BCUT2D eigenvalue weighted by Gasteiger charge is -2.36. The molecule has 2 saturated heterocycles. The zero-order valence-corrected chi connectivity index (χ0v) is 18.8. The number of hydrogen-bond acceptors (Lipinski definition) is 5. The average Bonchev–Trinajstić information content (AvgIpc) is 3.60. The van der Waals surface area contributed by atoms with E-state index in [4.69, 9.17) is 0 Å². The SMILES string of the molecule is Cc1cc(C2CC2)cnc1N1CCN(C(=O)c2ccc(N3C(=O)CCC3CO)cc2F)CC1. The van der Waals surface area contributed by atoms with Gasteiger partial charge in [0, 0.05) is 44.5 Å². The highest BCUT2D eigenvalue weighted by Crippen LogP contribution is 2.40. The van der Waals surface area contributed by atoms with Crippen molar-refractivity contribution in [2.45, 2.75) is 44.6 Å². The van der Waals surface area contributed by atoms with Crippen LogP contribution in [0.3, 0.4) is 0 Å². The Morgan fingerprint density at radius 1 is 1.15 bits per heavy atom. The molecule has 3 heterocycles. The molecule has 33 heavy (non-hydrogen) atoms. The van der Waals surface area contributed by atoms with Crippen LogP contribution in [0.4, 0.5) is 15.9 Å². The van der Waals surface area contributed by atoms with Gasteiger partial charge >= 0.3 is 0 Å². The number of pyridine rings is 1. The first-order valence-corrected chi connectivity index (χ1v) is 11.7. The van der Waals surface area contributed by atoms with Crippen molar-refractivity contribution in [3.05, 3.63) is 53.0 Å². The largest absolute Gasteiger partial charge is 0.394 e. The Kier molecular flexibility index (Phi) is 5.78. The number of rotatable bonds is 5. The summed E-state index contributed by atoms with van der Waals surface area (Å²) in [4.78, 5) is 35.1. The van der Waals surface area contributed by atoms with Gasteiger partial charge in [0.2, 0.25) is 5.91 Å². The predicted octanol–water partition coefficient (Wildman–Crippen LogP) is 2.86. The standard InChI is InChI=1S/C25H29FN4O3/c1-16-12-18(17-2-3-17)14-27-24(16)28-8-10-29(11-9-28)25(33)21-6-4-19(13-22(21)26)30-20(15-31)5-7-23(30)32/h4,6,12-14,17,20,31H,2-3,5,7-11,15H2,1H3. The van der Waals surface area contributed by atoms with Gasteiger partial charge in [0.25, 0.3) is 5.91 Å². The summed E-state index contributed by atoms with van der Waals surface area (Å²) in [6.07, 6.45) is 5.33. The molecule has 1 atom stereocenters. The lowest BCUT2D eigenvalue weighted by Crippen LogP contribution is -2.49. The van der Waals surface area contributed by atoms with E-state index in [1.54, 1.807) is 11.0 Å². The molecule has 2 aromatic rings. The van der Waals surface area contributed by atoms with Crippen molar-refractivity contribution in [1.82, 2.24) is 9.88 Å². The summed E-state index contributed by atoms with van der Waals surface area (Å²) in [6.45, 7) is 4.17. The highest BCUT2D eigenvalue weighted by molar-refractivity contribution is 5.98. The van der Waals surface area contributed by atoms with Crippen LogP contribution in [0.15, 0.2) is 30.5 Å². The Hall–Kier alpha value is -3.00. The number of aryl methyl sites for hydroxylation is 1. The molecule has 1 N–H and O–H groups in total. The van der Waals surface area contributed by atoms with Crippen molar-refractivity contribution in [2.24, 2.45) is 0 Å². The summed E-state index contributed by atoms with van der Waals surface area (Å²) in [5, 5.41) is 9.50. The first-order chi connectivity index (χ1) is 16.0. The number of aliphatic hydroxyl groups is 1. The summed E-state index contributed by atoms with van der Waals surface area (Å²) in [5.41, 5.74) is 2.84. The number of benzene rings is 1. The normalized spacial score (nSPS) is 21.1. The molecule has 174 valence electrons. The minimum Gasteiger partial charge on any atom is -0.394 e. The van der Waals surface area contributed by atoms with Crippen molar-refractivity contribution < 1.29 is 19.1 Å². The van der Waals surface area contributed by atoms with Crippen LogP contribution in [-0.2, 0) is 4.79 Å². The molecule has 1 aromatic heterocycles. The van der Waals surface area contributed by atoms with E-state index in [2.05, 4.69) is 22.9 Å². The van der Waals surface area contributed by atoms with Crippen molar-refractivity contribution in [3.8, 4) is 0 Å². The number of hydrogen-bond donors (Lipinski definition) is 1. The second-order valence-corrected chi connectivity index (χ2v) is 9.27. The molecule has 5 rings (SSSR count). The molecule has 3 aliphatic rings. The first-order valence-electron chi connectivity index (χ1n) is 11.7. The fourth-order valence-electron chi connectivity index (χ4n) is 4.95. The van der Waals surface area contributed by atoms with Crippen LogP contribution in [0, 0.1) is 12.7 Å². The van der Waals surface area contributed by atoms with Gasteiger partial charge in [-0.25, -0.2) is 9.37 Å². The van der Waals surface area contributed by atoms with Gasteiger partial charge in [-0.05, 0) is 61.4 Å². The Bertz CT molecular complexity index is 1080. The van der Waals surface area contributed by atoms with Crippen LogP contribution in [0.1, 0.15) is 53.1 Å². The monoisotopic (exact) mass is 452 g/mol. The molecule has 0 spiro atoms. The van der Waals surface area contributed by atoms with Gasteiger partial charge in [0.05, 0.1) is 18.2 Å². The minimum absolute atomic E-state index is 0.00230. The third-order valence-electron chi connectivity index (χ3n) is 6.98. The number of amides is 2. The van der Waals surface area contributed by atoms with E-state index in [0.717, 1.165) is 11.4 Å². The average molecular weight is 453 g/mol. The maximum absolute atomic E-state index is 14.9. The summed E-state index contributed by atoms with van der Waals surface area (Å²) < 4.78 is 14.9. The first kappa shape index (κ1) is 21.8. The van der Waals surface area contributed by atoms with Crippen LogP contribution in [-0.4, -0.2) is 65.6 Å². The van der Waals surface area contributed by atoms with Gasteiger partial charge in [-0.3, -0.25) is 9.59 Å². The second-order valence-electron chi connectivity index (χ2n) is 9.27. The third-order valence-corrected chi connectivity index (χ3v) is 6.98. The van der Waals surface area contributed by atoms with Crippen LogP contribution >= 0.6 is 0 Å². The summed E-state index contributed by atoms with van der Waals surface area (Å²) in [5.74, 6) is 0.482. The van der Waals surface area contributed by atoms with E-state index in [9.17, 15) is 19.1 Å². The van der Waals surface area contributed by atoms with Gasteiger partial charge in [-0.1, -0.05) is 6.07 Å². The molecule has 0 radical (unpaired) electrons. The van der Waals surface area contributed by atoms with Crippen molar-refractivity contribution in [3.63, 3.8) is 0 Å². The van der Waals surface area contributed by atoms with Crippen LogP contribution in [0.25, 0.3) is 0 Å². The van der Waals surface area contributed by atoms with Gasteiger partial charge in [0.1, 0.15) is 11.6 Å². The Balaban J connectivity index is 1.25. The molecule has 1 aromatic carbocycles. The van der Waals surface area contributed by atoms with Gasteiger partial charge in [0.15, 0.2) is 0 Å². The lowest BCUT2D eigenvalue weighted by atomic mass is 10.1. The van der Waals surface area contributed by atoms with E-state index >= 15 is 0 Å². The Labute approximate surface area is 192 Å². The highest BCUT2D eigenvalue weighted by Gasteiger charge is 2.33. The van der Waals surface area contributed by atoms with E-state index in [-0.39, 0.29) is 30.0 Å². The van der Waals surface area contributed by atoms with E-state index in [1.807, 2.05) is 6.20 Å². The molecule has 1 unspecified atom stereocenters. The number of anilines is 2. The zero-order valence-electron chi connectivity index (χ0n) is 18.8. The van der Waals surface area contributed by atoms with Crippen LogP contribution in [0.2, 0.25) is 0 Å². The van der Waals surface area contributed by atoms with Gasteiger partial charge in [-0.15, -0.1) is 0 Å². The highest BCUT2D eigenvalue weighted by atomic mass is 19.1. The van der Waals surface area contributed by atoms with E-state index in [0.29, 0.717) is 50.6 Å². The number of carbonyl (C=O) groups excluding carboxylic acids is 2. The maximum Gasteiger partial charge on any atom is 0.256 e. The molecule has 2 aliphatic heterocycles. The molecule has 2 amide bonds. The molecule has 1 saturated carbocycles. The smallest absolute Gasteiger partial charge is 0.256 e. The Morgan fingerprint density at radius 2 is 1.91 bits per heavy atom. The molecule has 3 fully saturated rings. The van der Waals surface area contributed by atoms with Crippen LogP contribution < -0.4 is 9.80 Å². The zero-order chi connectivity index (χ0) is 23.1. The summed E-state index contributed by atoms with van der Waals surface area (Å²) in [6, 6.07) is 6.14. The topological polar surface area (TPSA) is 77.0 Å². The van der Waals surface area contributed by atoms with Crippen molar-refractivity contribution in [2.75, 3.05) is 42.6 Å².